The van der Waals surface area contributed by atoms with E-state index in [1.807, 2.05) is 31.2 Å². The second-order valence-corrected chi connectivity index (χ2v) is 7.60. The van der Waals surface area contributed by atoms with Gasteiger partial charge in [0.1, 0.15) is 23.4 Å². The van der Waals surface area contributed by atoms with E-state index in [1.165, 1.54) is 23.8 Å². The van der Waals surface area contributed by atoms with Crippen molar-refractivity contribution in [1.29, 1.82) is 0 Å². The van der Waals surface area contributed by atoms with E-state index < -0.39 is 17.6 Å². The van der Waals surface area contributed by atoms with Gasteiger partial charge in [-0.2, -0.15) is 18.3 Å². The van der Waals surface area contributed by atoms with Crippen molar-refractivity contribution in [2.24, 2.45) is 0 Å². The largest absolute Gasteiger partial charge is 0.416 e. The number of hydrogen-bond donors (Lipinski definition) is 1. The average molecular weight is 443 g/mol. The van der Waals surface area contributed by atoms with Gasteiger partial charge in [0.2, 0.25) is 0 Å². The van der Waals surface area contributed by atoms with Gasteiger partial charge in [0.15, 0.2) is 0 Å². The van der Waals surface area contributed by atoms with Crippen LogP contribution in [0.15, 0.2) is 66.6 Å². The Morgan fingerprint density at radius 1 is 1.16 bits per heavy atom. The first kappa shape index (κ1) is 20.7. The first-order chi connectivity index (χ1) is 14.8. The molecule has 6 nitrogen and oxygen atoms in total. The number of rotatable bonds is 5. The second-order valence-electron chi connectivity index (χ2n) is 6.74. The molecular formula is C21H16F3N5OS. The minimum Gasteiger partial charge on any atom is -0.344 e. The van der Waals surface area contributed by atoms with E-state index in [1.54, 1.807) is 11.0 Å². The Bertz CT molecular complexity index is 1190. The standard InChI is InChI=1S/C21H16F3N5OS/c1-13(14-5-7-17(8-6-14)29-12-25-11-26-29)27-19(30)18-10-31-20(28-18)15-3-2-4-16(9-15)21(22,23)24/h2-13H,1H3,(H,27,30). The van der Waals surface area contributed by atoms with Gasteiger partial charge in [-0.15, -0.1) is 11.3 Å². The topological polar surface area (TPSA) is 72.7 Å². The maximum absolute atomic E-state index is 12.9. The van der Waals surface area contributed by atoms with Crippen molar-refractivity contribution in [2.45, 2.75) is 19.1 Å². The van der Waals surface area contributed by atoms with Crippen molar-refractivity contribution >= 4 is 17.2 Å². The van der Waals surface area contributed by atoms with Gasteiger partial charge < -0.3 is 5.32 Å². The zero-order valence-electron chi connectivity index (χ0n) is 16.2. The highest BCUT2D eigenvalue weighted by atomic mass is 32.1. The highest BCUT2D eigenvalue weighted by molar-refractivity contribution is 7.13. The summed E-state index contributed by atoms with van der Waals surface area (Å²) in [6, 6.07) is 12.1. The van der Waals surface area contributed by atoms with Crippen LogP contribution in [0, 0.1) is 0 Å². The predicted octanol–water partition coefficient (Wildman–Crippen LogP) is 4.90. The normalized spacial score (nSPS) is 12.5. The van der Waals surface area contributed by atoms with Crippen molar-refractivity contribution in [2.75, 3.05) is 0 Å². The molecule has 1 unspecified atom stereocenters. The monoisotopic (exact) mass is 443 g/mol. The Kier molecular flexibility index (Phi) is 5.55. The molecule has 4 aromatic rings. The van der Waals surface area contributed by atoms with E-state index in [0.29, 0.717) is 10.6 Å². The molecule has 0 radical (unpaired) electrons. The molecule has 0 saturated carbocycles. The summed E-state index contributed by atoms with van der Waals surface area (Å²) >= 11 is 1.12. The van der Waals surface area contributed by atoms with E-state index in [0.717, 1.165) is 34.7 Å². The first-order valence-electron chi connectivity index (χ1n) is 9.20. The summed E-state index contributed by atoms with van der Waals surface area (Å²) < 4.78 is 40.4. The summed E-state index contributed by atoms with van der Waals surface area (Å²) in [7, 11) is 0. The van der Waals surface area contributed by atoms with E-state index in [-0.39, 0.29) is 11.7 Å². The molecule has 0 aliphatic rings. The fourth-order valence-electron chi connectivity index (χ4n) is 2.95. The molecule has 0 aliphatic carbocycles. The number of hydrogen-bond acceptors (Lipinski definition) is 5. The van der Waals surface area contributed by atoms with Crippen LogP contribution in [0.5, 0.6) is 0 Å². The molecule has 2 aromatic heterocycles. The molecule has 31 heavy (non-hydrogen) atoms. The van der Waals surface area contributed by atoms with Gasteiger partial charge in [-0.05, 0) is 36.8 Å². The summed E-state index contributed by atoms with van der Waals surface area (Å²) in [5, 5.41) is 8.80. The molecule has 0 aliphatic heterocycles. The number of halogens is 3. The summed E-state index contributed by atoms with van der Waals surface area (Å²) in [6.45, 7) is 1.84. The molecule has 4 rings (SSSR count). The molecule has 158 valence electrons. The highest BCUT2D eigenvalue weighted by Crippen LogP contribution is 2.33. The van der Waals surface area contributed by atoms with Crippen LogP contribution < -0.4 is 5.32 Å². The van der Waals surface area contributed by atoms with Crippen LogP contribution in [0.25, 0.3) is 16.3 Å². The third kappa shape index (κ3) is 4.64. The van der Waals surface area contributed by atoms with Crippen LogP contribution in [-0.2, 0) is 6.18 Å². The smallest absolute Gasteiger partial charge is 0.344 e. The summed E-state index contributed by atoms with van der Waals surface area (Å²) in [5.74, 6) is -0.401. The van der Waals surface area contributed by atoms with E-state index in [2.05, 4.69) is 20.4 Å². The quantitative estimate of drug-likeness (QED) is 0.476. The van der Waals surface area contributed by atoms with Gasteiger partial charge in [0, 0.05) is 10.9 Å². The number of amides is 1. The molecule has 10 heteroatoms. The van der Waals surface area contributed by atoms with Gasteiger partial charge in [-0.3, -0.25) is 4.79 Å². The van der Waals surface area contributed by atoms with Gasteiger partial charge in [-0.25, -0.2) is 14.6 Å². The van der Waals surface area contributed by atoms with Crippen molar-refractivity contribution < 1.29 is 18.0 Å². The molecule has 1 amide bonds. The lowest BCUT2D eigenvalue weighted by atomic mass is 10.1. The fourth-order valence-corrected chi connectivity index (χ4v) is 3.75. The van der Waals surface area contributed by atoms with E-state index in [4.69, 9.17) is 0 Å². The Morgan fingerprint density at radius 2 is 1.94 bits per heavy atom. The molecule has 1 atom stereocenters. The zero-order valence-corrected chi connectivity index (χ0v) is 17.0. The highest BCUT2D eigenvalue weighted by Gasteiger charge is 2.30. The van der Waals surface area contributed by atoms with Crippen LogP contribution in [0.4, 0.5) is 13.2 Å². The number of nitrogens with zero attached hydrogens (tertiary/aromatic N) is 4. The molecule has 0 spiro atoms. The van der Waals surface area contributed by atoms with Crippen LogP contribution in [0.1, 0.15) is 34.6 Å². The number of benzene rings is 2. The molecule has 2 aromatic carbocycles. The zero-order chi connectivity index (χ0) is 22.0. The number of carbonyl (C=O) groups is 1. The lowest BCUT2D eigenvalue weighted by molar-refractivity contribution is -0.137. The van der Waals surface area contributed by atoms with Crippen molar-refractivity contribution in [3.63, 3.8) is 0 Å². The van der Waals surface area contributed by atoms with Crippen LogP contribution in [0.2, 0.25) is 0 Å². The minimum absolute atomic E-state index is 0.156. The SMILES string of the molecule is CC(NC(=O)c1csc(-c2cccc(C(F)(F)F)c2)n1)c1ccc(-n2cncn2)cc1. The van der Waals surface area contributed by atoms with Crippen molar-refractivity contribution in [3.05, 3.63) is 83.4 Å². The number of nitrogens with one attached hydrogen (secondary N) is 1. The Morgan fingerprint density at radius 3 is 2.61 bits per heavy atom. The van der Waals surface area contributed by atoms with Gasteiger partial charge >= 0.3 is 6.18 Å². The maximum atomic E-state index is 12.9. The molecule has 0 fully saturated rings. The number of thiazole rings is 1. The van der Waals surface area contributed by atoms with Crippen LogP contribution in [0.3, 0.4) is 0 Å². The molecule has 2 heterocycles. The Balaban J connectivity index is 1.45. The molecule has 0 saturated heterocycles. The van der Waals surface area contributed by atoms with Crippen LogP contribution in [-0.4, -0.2) is 25.7 Å². The van der Waals surface area contributed by atoms with E-state index >= 15 is 0 Å². The number of alkyl halides is 3. The predicted molar refractivity (Wildman–Crippen MR) is 110 cm³/mol. The average Bonchev–Trinajstić information content (AvgIpc) is 3.46. The second kappa shape index (κ2) is 8.31. The number of aromatic nitrogens is 4. The lowest BCUT2D eigenvalue weighted by Crippen LogP contribution is -2.26. The third-order valence-corrected chi connectivity index (χ3v) is 5.49. The lowest BCUT2D eigenvalue weighted by Gasteiger charge is -2.14. The third-order valence-electron chi connectivity index (χ3n) is 4.60. The van der Waals surface area contributed by atoms with Crippen molar-refractivity contribution in [1.82, 2.24) is 25.1 Å². The summed E-state index contributed by atoms with van der Waals surface area (Å²) in [4.78, 5) is 20.7. The molecule has 0 bridgehead atoms. The summed E-state index contributed by atoms with van der Waals surface area (Å²) in [6.07, 6.45) is -1.41. The Labute approximate surface area is 179 Å². The Hall–Kier alpha value is -3.53. The molecular weight excluding hydrogens is 427 g/mol. The summed E-state index contributed by atoms with van der Waals surface area (Å²) in [5.41, 5.74) is 1.43. The van der Waals surface area contributed by atoms with Gasteiger partial charge in [0.05, 0.1) is 17.3 Å². The van der Waals surface area contributed by atoms with Gasteiger partial charge in [-0.1, -0.05) is 24.3 Å². The minimum atomic E-state index is -4.44. The van der Waals surface area contributed by atoms with Gasteiger partial charge in [0.25, 0.3) is 5.91 Å². The first-order valence-corrected chi connectivity index (χ1v) is 10.1. The fraction of sp³-hybridized carbons (Fsp3) is 0.143. The van der Waals surface area contributed by atoms with E-state index in [9.17, 15) is 18.0 Å². The maximum Gasteiger partial charge on any atom is 0.416 e. The molecule has 1 N–H and O–H groups in total. The van der Waals surface area contributed by atoms with Crippen molar-refractivity contribution in [3.8, 4) is 16.3 Å². The van der Waals surface area contributed by atoms with Crippen LogP contribution >= 0.6 is 11.3 Å². The number of carbonyl (C=O) groups excluding carboxylic acids is 1.